The topological polar surface area (TPSA) is 217 Å². The number of nitrogens with one attached hydrogen (secondary N) is 4. The lowest BCUT2D eigenvalue weighted by Gasteiger charge is -2.27. The Bertz CT molecular complexity index is 827. The summed E-state index contributed by atoms with van der Waals surface area (Å²) in [5, 5.41) is 25.8. The zero-order valence-electron chi connectivity index (χ0n) is 18.8. The van der Waals surface area contributed by atoms with Gasteiger partial charge in [-0.15, -0.1) is 0 Å². The third kappa shape index (κ3) is 9.27. The van der Waals surface area contributed by atoms with Crippen molar-refractivity contribution >= 4 is 29.7 Å². The summed E-state index contributed by atoms with van der Waals surface area (Å²) in [6.07, 6.45) is 2.63. The summed E-state index contributed by atoms with van der Waals surface area (Å²) in [7, 11) is 0. The van der Waals surface area contributed by atoms with E-state index < -0.39 is 60.2 Å². The molecule has 8 N–H and O–H groups in total. The molecule has 0 saturated carbocycles. The van der Waals surface area contributed by atoms with Crippen LogP contribution in [-0.4, -0.2) is 74.0 Å². The van der Waals surface area contributed by atoms with Crippen molar-refractivity contribution in [1.82, 2.24) is 25.9 Å². The van der Waals surface area contributed by atoms with Gasteiger partial charge >= 0.3 is 11.9 Å². The summed E-state index contributed by atoms with van der Waals surface area (Å²) >= 11 is 0. The minimum Gasteiger partial charge on any atom is -0.481 e. The number of rotatable bonds is 14. The van der Waals surface area contributed by atoms with Crippen molar-refractivity contribution in [1.29, 1.82) is 0 Å². The number of amides is 3. The van der Waals surface area contributed by atoms with Crippen LogP contribution in [0.2, 0.25) is 0 Å². The molecule has 3 amide bonds. The first-order valence-corrected chi connectivity index (χ1v) is 10.5. The van der Waals surface area contributed by atoms with Gasteiger partial charge in [0.15, 0.2) is 0 Å². The fourth-order valence-corrected chi connectivity index (χ4v) is 2.87. The van der Waals surface area contributed by atoms with E-state index in [1.807, 2.05) is 0 Å². The van der Waals surface area contributed by atoms with E-state index in [1.54, 1.807) is 13.8 Å². The molecule has 1 rings (SSSR count). The minimum atomic E-state index is -1.28. The van der Waals surface area contributed by atoms with Crippen LogP contribution in [-0.2, 0) is 30.4 Å². The van der Waals surface area contributed by atoms with Gasteiger partial charge < -0.3 is 36.9 Å². The number of aromatic amines is 1. The van der Waals surface area contributed by atoms with Crippen LogP contribution >= 0.6 is 0 Å². The lowest BCUT2D eigenvalue weighted by molar-refractivity contribution is -0.142. The number of H-pyrrole nitrogens is 1. The molecule has 1 heterocycles. The smallest absolute Gasteiger partial charge is 0.326 e. The second-order valence-electron chi connectivity index (χ2n) is 7.83. The Labute approximate surface area is 190 Å². The van der Waals surface area contributed by atoms with E-state index in [4.69, 9.17) is 10.8 Å². The van der Waals surface area contributed by atoms with Crippen LogP contribution < -0.4 is 21.7 Å². The van der Waals surface area contributed by atoms with Gasteiger partial charge in [0.05, 0.1) is 12.4 Å². The number of nitrogens with two attached hydrogens (primary N) is 1. The highest BCUT2D eigenvalue weighted by Gasteiger charge is 2.32. The first-order valence-electron chi connectivity index (χ1n) is 10.5. The maximum Gasteiger partial charge on any atom is 0.326 e. The molecule has 0 spiro atoms. The van der Waals surface area contributed by atoms with Gasteiger partial charge in [-0.1, -0.05) is 20.3 Å². The summed E-state index contributed by atoms with van der Waals surface area (Å²) in [6, 6.07) is -4.57. The number of aliphatic carboxylic acids is 2. The summed E-state index contributed by atoms with van der Waals surface area (Å²) < 4.78 is 0. The highest BCUT2D eigenvalue weighted by atomic mass is 16.4. The SMILES string of the molecule is CCC(C)C(NC(=O)C(CCC(=O)O)NC(=O)C(C)N)C(=O)NC(Cc1cnc[nH]1)C(=O)O. The monoisotopic (exact) mass is 468 g/mol. The number of nitrogens with zero attached hydrogens (tertiary/aromatic N) is 1. The lowest BCUT2D eigenvalue weighted by Crippen LogP contribution is -2.58. The van der Waals surface area contributed by atoms with Gasteiger partial charge in [0.1, 0.15) is 18.1 Å². The number of hydrogen-bond acceptors (Lipinski definition) is 7. The third-order valence-corrected chi connectivity index (χ3v) is 5.08. The molecule has 5 atom stereocenters. The van der Waals surface area contributed by atoms with E-state index in [2.05, 4.69) is 25.9 Å². The van der Waals surface area contributed by atoms with E-state index in [0.717, 1.165) is 0 Å². The van der Waals surface area contributed by atoms with Crippen LogP contribution in [0.5, 0.6) is 0 Å². The van der Waals surface area contributed by atoms with Crippen molar-refractivity contribution in [3.05, 3.63) is 18.2 Å². The standard InChI is InChI=1S/C20H32N6O7/c1-4-10(2)16(19(31)25-14(20(32)33)7-12-8-22-9-23-12)26-18(30)13(5-6-15(27)28)24-17(29)11(3)21/h8-11,13-14,16H,4-7,21H2,1-3H3,(H,22,23)(H,24,29)(H,25,31)(H,26,30)(H,27,28)(H,32,33). The lowest BCUT2D eigenvalue weighted by atomic mass is 9.97. The molecule has 33 heavy (non-hydrogen) atoms. The van der Waals surface area contributed by atoms with Gasteiger partial charge in [-0.2, -0.15) is 0 Å². The summed E-state index contributed by atoms with van der Waals surface area (Å²) in [6.45, 7) is 4.89. The molecular formula is C20H32N6O7. The van der Waals surface area contributed by atoms with Gasteiger partial charge in [-0.3, -0.25) is 19.2 Å². The average molecular weight is 469 g/mol. The molecule has 1 aromatic heterocycles. The Morgan fingerprint density at radius 1 is 1.03 bits per heavy atom. The Morgan fingerprint density at radius 3 is 2.15 bits per heavy atom. The van der Waals surface area contributed by atoms with Gasteiger partial charge in [-0.05, 0) is 19.3 Å². The molecule has 0 aliphatic rings. The molecule has 1 aromatic rings. The Hall–Kier alpha value is -3.48. The number of hydrogen-bond donors (Lipinski definition) is 7. The Morgan fingerprint density at radius 2 is 1.67 bits per heavy atom. The molecule has 184 valence electrons. The minimum absolute atomic E-state index is 0.0477. The van der Waals surface area contributed by atoms with E-state index in [0.29, 0.717) is 12.1 Å². The van der Waals surface area contributed by atoms with E-state index in [-0.39, 0.29) is 18.8 Å². The van der Waals surface area contributed by atoms with Crippen molar-refractivity contribution in [2.24, 2.45) is 11.7 Å². The molecule has 0 saturated heterocycles. The number of carbonyl (C=O) groups excluding carboxylic acids is 3. The number of carbonyl (C=O) groups is 5. The quantitative estimate of drug-likeness (QED) is 0.173. The predicted octanol–water partition coefficient (Wildman–Crippen LogP) is -1.25. The maximum absolute atomic E-state index is 12.9. The van der Waals surface area contributed by atoms with Crippen LogP contribution in [0.15, 0.2) is 12.5 Å². The zero-order valence-corrected chi connectivity index (χ0v) is 18.8. The summed E-state index contributed by atoms with van der Waals surface area (Å²) in [4.78, 5) is 66.9. The number of carboxylic acids is 2. The molecule has 0 aliphatic carbocycles. The van der Waals surface area contributed by atoms with Gasteiger partial charge in [0, 0.05) is 24.7 Å². The van der Waals surface area contributed by atoms with Crippen LogP contribution in [0.4, 0.5) is 0 Å². The van der Waals surface area contributed by atoms with Crippen LogP contribution in [0.3, 0.4) is 0 Å². The molecule has 0 aliphatic heterocycles. The van der Waals surface area contributed by atoms with E-state index >= 15 is 0 Å². The van der Waals surface area contributed by atoms with Crippen LogP contribution in [0.25, 0.3) is 0 Å². The summed E-state index contributed by atoms with van der Waals surface area (Å²) in [5.74, 6) is -4.97. The number of carboxylic acid groups (broad SMARTS) is 2. The molecule has 0 fully saturated rings. The fourth-order valence-electron chi connectivity index (χ4n) is 2.87. The fraction of sp³-hybridized carbons (Fsp3) is 0.600. The van der Waals surface area contributed by atoms with Crippen molar-refractivity contribution in [3.63, 3.8) is 0 Å². The Balaban J connectivity index is 2.99. The van der Waals surface area contributed by atoms with Gasteiger partial charge in [0.2, 0.25) is 17.7 Å². The van der Waals surface area contributed by atoms with Crippen molar-refractivity contribution in [2.75, 3.05) is 0 Å². The molecule has 13 nitrogen and oxygen atoms in total. The van der Waals surface area contributed by atoms with Crippen LogP contribution in [0, 0.1) is 5.92 Å². The highest BCUT2D eigenvalue weighted by Crippen LogP contribution is 2.11. The first-order chi connectivity index (χ1) is 15.5. The van der Waals surface area contributed by atoms with Gasteiger partial charge in [0.25, 0.3) is 0 Å². The third-order valence-electron chi connectivity index (χ3n) is 5.08. The largest absolute Gasteiger partial charge is 0.481 e. The average Bonchev–Trinajstić information content (AvgIpc) is 3.26. The van der Waals surface area contributed by atoms with Gasteiger partial charge in [-0.25, -0.2) is 9.78 Å². The van der Waals surface area contributed by atoms with Crippen molar-refractivity contribution in [3.8, 4) is 0 Å². The maximum atomic E-state index is 12.9. The van der Waals surface area contributed by atoms with E-state index in [9.17, 15) is 29.1 Å². The molecule has 13 heteroatoms. The summed E-state index contributed by atoms with van der Waals surface area (Å²) in [5.41, 5.74) is 6.01. The second kappa shape index (κ2) is 13.2. The molecule has 0 aromatic carbocycles. The molecule has 0 radical (unpaired) electrons. The normalized spacial score (nSPS) is 15.4. The second-order valence-corrected chi connectivity index (χ2v) is 7.83. The van der Waals surface area contributed by atoms with E-state index in [1.165, 1.54) is 19.4 Å². The van der Waals surface area contributed by atoms with Crippen LogP contribution in [0.1, 0.15) is 45.7 Å². The zero-order chi connectivity index (χ0) is 25.1. The highest BCUT2D eigenvalue weighted by molar-refractivity contribution is 5.94. The molecular weight excluding hydrogens is 436 g/mol. The van der Waals surface area contributed by atoms with Crippen molar-refractivity contribution in [2.45, 2.75) is 70.6 Å². The molecule has 5 unspecified atom stereocenters. The number of aromatic nitrogens is 2. The molecule has 0 bridgehead atoms. The van der Waals surface area contributed by atoms with Crippen molar-refractivity contribution < 1.29 is 34.2 Å². The Kier molecular flexibility index (Phi) is 11.0. The first kappa shape index (κ1) is 27.6. The predicted molar refractivity (Wildman–Crippen MR) is 116 cm³/mol. The number of imidazole rings is 1.